The van der Waals surface area contributed by atoms with Crippen LogP contribution >= 0.6 is 0 Å². The maximum atomic E-state index is 11.6. The number of carboxylic acid groups (broad SMARTS) is 1. The zero-order valence-electron chi connectivity index (χ0n) is 13.0. The molecule has 0 aliphatic carbocycles. The quantitative estimate of drug-likeness (QED) is 0.889. The van der Waals surface area contributed by atoms with Crippen LogP contribution < -0.4 is 4.90 Å². The number of aliphatic carboxylic acids is 1. The van der Waals surface area contributed by atoms with E-state index in [1.54, 1.807) is 0 Å². The fourth-order valence-corrected chi connectivity index (χ4v) is 3.26. The molecule has 1 saturated heterocycles. The third kappa shape index (κ3) is 3.02. The van der Waals surface area contributed by atoms with Gasteiger partial charge < -0.3 is 15.1 Å². The number of aromatic nitrogens is 1. The van der Waals surface area contributed by atoms with E-state index in [0.29, 0.717) is 25.9 Å². The molecule has 1 aliphatic rings. The van der Waals surface area contributed by atoms with Crippen LogP contribution in [0.5, 0.6) is 0 Å². The summed E-state index contributed by atoms with van der Waals surface area (Å²) in [6.07, 6.45) is 0.848. The average molecular weight is 292 g/mol. The highest BCUT2D eigenvalue weighted by Gasteiger charge is 2.48. The lowest BCUT2D eigenvalue weighted by Gasteiger charge is -2.43. The Kier molecular flexibility index (Phi) is 4.52. The zero-order chi connectivity index (χ0) is 15.6. The molecule has 2 N–H and O–H groups in total. The van der Waals surface area contributed by atoms with Crippen LogP contribution in [-0.4, -0.2) is 40.4 Å². The van der Waals surface area contributed by atoms with Gasteiger partial charge in [-0.2, -0.15) is 0 Å². The third-order valence-corrected chi connectivity index (χ3v) is 4.39. The highest BCUT2D eigenvalue weighted by molar-refractivity contribution is 5.76. The molecule has 2 heterocycles. The topological polar surface area (TPSA) is 73.7 Å². The molecule has 0 unspecified atom stereocenters. The Hall–Kier alpha value is -1.62. The number of rotatable bonds is 4. The second kappa shape index (κ2) is 6.02. The largest absolute Gasteiger partial charge is 0.481 e. The van der Waals surface area contributed by atoms with Crippen molar-refractivity contribution in [2.24, 2.45) is 5.41 Å². The Balaban J connectivity index is 2.21. The highest BCUT2D eigenvalue weighted by Crippen LogP contribution is 2.38. The van der Waals surface area contributed by atoms with Crippen molar-refractivity contribution in [1.82, 2.24) is 4.98 Å². The molecular weight excluding hydrogens is 268 g/mol. The van der Waals surface area contributed by atoms with E-state index in [0.717, 1.165) is 23.5 Å². The Labute approximate surface area is 125 Å². The molecule has 2 atom stereocenters. The lowest BCUT2D eigenvalue weighted by atomic mass is 9.73. The van der Waals surface area contributed by atoms with Crippen LogP contribution in [0.2, 0.25) is 0 Å². The van der Waals surface area contributed by atoms with Gasteiger partial charge in [0.1, 0.15) is 5.82 Å². The van der Waals surface area contributed by atoms with E-state index in [1.165, 1.54) is 0 Å². The van der Waals surface area contributed by atoms with E-state index in [2.05, 4.69) is 4.98 Å². The summed E-state index contributed by atoms with van der Waals surface area (Å²) in [6.45, 7) is 6.84. The SMILES string of the molecule is CCC[C@]1(C(=O)O)CCN(c2cc(C)cc(C)n2)C[C@H]1O. The number of piperidine rings is 1. The molecule has 5 heteroatoms. The minimum Gasteiger partial charge on any atom is -0.481 e. The van der Waals surface area contributed by atoms with Crippen LogP contribution in [0, 0.1) is 19.3 Å². The number of aliphatic hydroxyl groups is 1. The third-order valence-electron chi connectivity index (χ3n) is 4.39. The number of carbonyl (C=O) groups is 1. The van der Waals surface area contributed by atoms with Crippen molar-refractivity contribution in [2.45, 2.75) is 46.1 Å². The summed E-state index contributed by atoms with van der Waals surface area (Å²) in [5.41, 5.74) is 1.04. The smallest absolute Gasteiger partial charge is 0.312 e. The number of carboxylic acids is 1. The number of β-amino-alcohol motifs (C(OH)–C–C–N with tert-alkyl or cyclic N) is 1. The highest BCUT2D eigenvalue weighted by atomic mass is 16.4. The first kappa shape index (κ1) is 15.8. The van der Waals surface area contributed by atoms with Gasteiger partial charge in [-0.15, -0.1) is 0 Å². The van der Waals surface area contributed by atoms with Crippen molar-refractivity contribution >= 4 is 11.8 Å². The van der Waals surface area contributed by atoms with E-state index in [4.69, 9.17) is 0 Å². The zero-order valence-corrected chi connectivity index (χ0v) is 13.0. The standard InChI is InChI=1S/C16H24N2O3/c1-4-5-16(15(20)21)6-7-18(10-13(16)19)14-9-11(2)8-12(3)17-14/h8-9,13,19H,4-7,10H2,1-3H3,(H,20,21)/t13-,16+/m1/s1. The fourth-order valence-electron chi connectivity index (χ4n) is 3.26. The first-order chi connectivity index (χ1) is 9.89. The molecule has 0 bridgehead atoms. The minimum atomic E-state index is -1.01. The lowest BCUT2D eigenvalue weighted by molar-refractivity contribution is -0.159. The van der Waals surface area contributed by atoms with E-state index in [-0.39, 0.29) is 0 Å². The van der Waals surface area contributed by atoms with Crippen molar-refractivity contribution in [1.29, 1.82) is 0 Å². The summed E-state index contributed by atoms with van der Waals surface area (Å²) in [5.74, 6) is -0.0630. The van der Waals surface area contributed by atoms with Crippen molar-refractivity contribution in [2.75, 3.05) is 18.0 Å². The van der Waals surface area contributed by atoms with E-state index >= 15 is 0 Å². The molecule has 0 aromatic carbocycles. The van der Waals surface area contributed by atoms with Crippen LogP contribution in [0.1, 0.15) is 37.4 Å². The Morgan fingerprint density at radius 1 is 1.48 bits per heavy atom. The molecule has 0 amide bonds. The minimum absolute atomic E-state index is 0.322. The van der Waals surface area contributed by atoms with Gasteiger partial charge in [-0.3, -0.25) is 4.79 Å². The number of aryl methyl sites for hydroxylation is 2. The van der Waals surface area contributed by atoms with Crippen molar-refractivity contribution in [3.63, 3.8) is 0 Å². The van der Waals surface area contributed by atoms with Crippen LogP contribution in [-0.2, 0) is 4.79 Å². The molecule has 1 aliphatic heterocycles. The molecular formula is C16H24N2O3. The predicted octanol–water partition coefficient (Wildman–Crippen LogP) is 2.14. The summed E-state index contributed by atoms with van der Waals surface area (Å²) in [7, 11) is 0. The number of anilines is 1. The Bertz CT molecular complexity index is 512. The molecule has 1 fully saturated rings. The lowest BCUT2D eigenvalue weighted by Crippen LogP contribution is -2.55. The van der Waals surface area contributed by atoms with Gasteiger partial charge in [-0.05, 0) is 44.4 Å². The number of hydrogen-bond acceptors (Lipinski definition) is 4. The second-order valence-corrected chi connectivity index (χ2v) is 6.07. The van der Waals surface area contributed by atoms with Crippen molar-refractivity contribution in [3.05, 3.63) is 23.4 Å². The Morgan fingerprint density at radius 2 is 2.19 bits per heavy atom. The van der Waals surface area contributed by atoms with Gasteiger partial charge in [0.2, 0.25) is 0 Å². The molecule has 2 rings (SSSR count). The van der Waals surface area contributed by atoms with Crippen LogP contribution in [0.4, 0.5) is 5.82 Å². The molecule has 0 spiro atoms. The molecule has 1 aromatic rings. The first-order valence-electron chi connectivity index (χ1n) is 7.51. The number of pyridine rings is 1. The monoisotopic (exact) mass is 292 g/mol. The maximum Gasteiger partial charge on any atom is 0.312 e. The van der Waals surface area contributed by atoms with Crippen LogP contribution in [0.25, 0.3) is 0 Å². The molecule has 0 radical (unpaired) electrons. The molecule has 5 nitrogen and oxygen atoms in total. The van der Waals surface area contributed by atoms with E-state index in [9.17, 15) is 15.0 Å². The van der Waals surface area contributed by atoms with E-state index < -0.39 is 17.5 Å². The fraction of sp³-hybridized carbons (Fsp3) is 0.625. The summed E-state index contributed by atoms with van der Waals surface area (Å²) in [6, 6.07) is 3.98. The summed E-state index contributed by atoms with van der Waals surface area (Å²) < 4.78 is 0. The number of aliphatic hydroxyl groups excluding tert-OH is 1. The summed E-state index contributed by atoms with van der Waals surface area (Å²) >= 11 is 0. The van der Waals surface area contributed by atoms with Gasteiger partial charge in [-0.1, -0.05) is 13.3 Å². The number of hydrogen-bond donors (Lipinski definition) is 2. The van der Waals surface area contributed by atoms with Gasteiger partial charge in [0.25, 0.3) is 0 Å². The van der Waals surface area contributed by atoms with Crippen LogP contribution in [0.15, 0.2) is 12.1 Å². The van der Waals surface area contributed by atoms with Gasteiger partial charge >= 0.3 is 5.97 Å². The molecule has 116 valence electrons. The predicted molar refractivity (Wildman–Crippen MR) is 81.5 cm³/mol. The van der Waals surface area contributed by atoms with E-state index in [1.807, 2.05) is 37.8 Å². The first-order valence-corrected chi connectivity index (χ1v) is 7.51. The second-order valence-electron chi connectivity index (χ2n) is 6.07. The number of nitrogens with zero attached hydrogens (tertiary/aromatic N) is 2. The van der Waals surface area contributed by atoms with Crippen molar-refractivity contribution < 1.29 is 15.0 Å². The summed E-state index contributed by atoms with van der Waals surface area (Å²) in [5, 5.41) is 20.0. The van der Waals surface area contributed by atoms with Gasteiger partial charge in [0.05, 0.1) is 11.5 Å². The molecule has 21 heavy (non-hydrogen) atoms. The van der Waals surface area contributed by atoms with Gasteiger partial charge in [0.15, 0.2) is 0 Å². The average Bonchev–Trinajstić information content (AvgIpc) is 2.39. The molecule has 1 aromatic heterocycles. The van der Waals surface area contributed by atoms with Crippen molar-refractivity contribution in [3.8, 4) is 0 Å². The van der Waals surface area contributed by atoms with Gasteiger partial charge in [0, 0.05) is 18.8 Å². The molecule has 0 saturated carbocycles. The Morgan fingerprint density at radius 3 is 2.71 bits per heavy atom. The summed E-state index contributed by atoms with van der Waals surface area (Å²) in [4.78, 5) is 18.1. The van der Waals surface area contributed by atoms with Crippen LogP contribution in [0.3, 0.4) is 0 Å². The van der Waals surface area contributed by atoms with Gasteiger partial charge in [-0.25, -0.2) is 4.98 Å². The normalized spacial score (nSPS) is 25.9. The maximum absolute atomic E-state index is 11.6.